The van der Waals surface area contributed by atoms with Gasteiger partial charge in [0.25, 0.3) is 0 Å². The van der Waals surface area contributed by atoms with E-state index in [0.717, 1.165) is 28.2 Å². The van der Waals surface area contributed by atoms with Crippen LogP contribution < -0.4 is 5.32 Å². The molecule has 1 N–H and O–H groups in total. The number of nitrogens with one attached hydrogen (secondary N) is 1. The molecule has 0 bridgehead atoms. The lowest BCUT2D eigenvalue weighted by molar-refractivity contribution is -0.126. The van der Waals surface area contributed by atoms with Crippen molar-refractivity contribution in [2.75, 3.05) is 19.6 Å². The molecule has 0 saturated carbocycles. The number of aromatic nitrogens is 2. The van der Waals surface area contributed by atoms with Gasteiger partial charge >= 0.3 is 0 Å². The first-order chi connectivity index (χ1) is 15.4. The predicted octanol–water partition coefficient (Wildman–Crippen LogP) is 3.27. The van der Waals surface area contributed by atoms with E-state index in [1.165, 1.54) is 10.5 Å². The summed E-state index contributed by atoms with van der Waals surface area (Å²) < 4.78 is 26.8. The standard InChI is InChI=1S/C23H26N4O3S2/c1-17-26-22(16-31-17)19-6-4-18(5-7-19)8-12-25-23(28)20-9-13-27(14-10-20)32(29,30)21-3-2-11-24-15-21/h2-7,11,15-16,20H,8-10,12-14H2,1H3,(H,25,28). The van der Waals surface area contributed by atoms with Crippen LogP contribution in [-0.2, 0) is 21.2 Å². The Balaban J connectivity index is 1.23. The summed E-state index contributed by atoms with van der Waals surface area (Å²) in [6, 6.07) is 11.4. The number of piperidine rings is 1. The summed E-state index contributed by atoms with van der Waals surface area (Å²) in [5, 5.41) is 6.11. The molecule has 7 nitrogen and oxygen atoms in total. The zero-order valence-corrected chi connectivity index (χ0v) is 19.5. The number of carbonyl (C=O) groups excluding carboxylic acids is 1. The van der Waals surface area contributed by atoms with Crippen LogP contribution in [0.2, 0.25) is 0 Å². The van der Waals surface area contributed by atoms with Crippen molar-refractivity contribution in [2.24, 2.45) is 5.92 Å². The summed E-state index contributed by atoms with van der Waals surface area (Å²) >= 11 is 1.64. The molecule has 1 aliphatic rings. The summed E-state index contributed by atoms with van der Waals surface area (Å²) in [5.41, 5.74) is 3.23. The molecular formula is C23H26N4O3S2. The highest BCUT2D eigenvalue weighted by Gasteiger charge is 2.32. The van der Waals surface area contributed by atoms with Gasteiger partial charge < -0.3 is 5.32 Å². The predicted molar refractivity (Wildman–Crippen MR) is 125 cm³/mol. The van der Waals surface area contributed by atoms with Crippen molar-refractivity contribution in [1.29, 1.82) is 0 Å². The smallest absolute Gasteiger partial charge is 0.244 e. The Morgan fingerprint density at radius 3 is 2.56 bits per heavy atom. The van der Waals surface area contributed by atoms with Crippen LogP contribution in [0.4, 0.5) is 0 Å². The zero-order chi connectivity index (χ0) is 22.6. The third kappa shape index (κ3) is 5.23. The largest absolute Gasteiger partial charge is 0.356 e. The summed E-state index contributed by atoms with van der Waals surface area (Å²) in [6.45, 7) is 3.23. The van der Waals surface area contributed by atoms with Crippen LogP contribution in [0.1, 0.15) is 23.4 Å². The Kier molecular flexibility index (Phi) is 6.98. The number of pyridine rings is 1. The molecule has 1 aliphatic heterocycles. The number of thiazole rings is 1. The third-order valence-corrected chi connectivity index (χ3v) is 8.33. The highest BCUT2D eigenvalue weighted by Crippen LogP contribution is 2.24. The van der Waals surface area contributed by atoms with Crippen LogP contribution >= 0.6 is 11.3 Å². The fraction of sp³-hybridized carbons (Fsp3) is 0.348. The first-order valence-corrected chi connectivity index (χ1v) is 12.9. The van der Waals surface area contributed by atoms with Gasteiger partial charge in [-0.3, -0.25) is 9.78 Å². The van der Waals surface area contributed by atoms with Gasteiger partial charge in [0.2, 0.25) is 15.9 Å². The van der Waals surface area contributed by atoms with Gasteiger partial charge in [-0.05, 0) is 43.9 Å². The number of benzene rings is 1. The lowest BCUT2D eigenvalue weighted by atomic mass is 9.97. The van der Waals surface area contributed by atoms with Crippen molar-refractivity contribution in [2.45, 2.75) is 31.1 Å². The normalized spacial score (nSPS) is 15.5. The van der Waals surface area contributed by atoms with E-state index >= 15 is 0 Å². The molecule has 0 aliphatic carbocycles. The number of nitrogens with zero attached hydrogens (tertiary/aromatic N) is 3. The lowest BCUT2D eigenvalue weighted by Crippen LogP contribution is -2.43. The Morgan fingerprint density at radius 2 is 1.94 bits per heavy atom. The number of hydrogen-bond acceptors (Lipinski definition) is 6. The van der Waals surface area contributed by atoms with E-state index in [0.29, 0.717) is 32.5 Å². The number of carbonyl (C=O) groups is 1. The Bertz CT molecular complexity index is 1150. The van der Waals surface area contributed by atoms with Gasteiger partial charge in [-0.25, -0.2) is 13.4 Å². The monoisotopic (exact) mass is 470 g/mol. The summed E-state index contributed by atoms with van der Waals surface area (Å²) in [5.74, 6) is -0.163. The first-order valence-electron chi connectivity index (χ1n) is 10.6. The van der Waals surface area contributed by atoms with E-state index in [1.54, 1.807) is 29.7 Å². The molecule has 1 saturated heterocycles. The van der Waals surface area contributed by atoms with E-state index in [2.05, 4.69) is 44.9 Å². The van der Waals surface area contributed by atoms with E-state index in [9.17, 15) is 13.2 Å². The van der Waals surface area contributed by atoms with Crippen LogP contribution in [0, 0.1) is 12.8 Å². The molecule has 168 valence electrons. The van der Waals surface area contributed by atoms with Gasteiger partial charge in [-0.1, -0.05) is 24.3 Å². The molecule has 1 aromatic carbocycles. The van der Waals surface area contributed by atoms with E-state index in [4.69, 9.17) is 0 Å². The maximum absolute atomic E-state index is 12.7. The van der Waals surface area contributed by atoms with Gasteiger partial charge in [-0.15, -0.1) is 11.3 Å². The molecular weight excluding hydrogens is 444 g/mol. The molecule has 0 spiro atoms. The van der Waals surface area contributed by atoms with Gasteiger partial charge in [0.05, 0.1) is 10.7 Å². The number of amides is 1. The average molecular weight is 471 g/mol. The molecule has 9 heteroatoms. The van der Waals surface area contributed by atoms with Gasteiger partial charge in [0, 0.05) is 48.9 Å². The van der Waals surface area contributed by atoms with E-state index in [-0.39, 0.29) is 16.7 Å². The van der Waals surface area contributed by atoms with E-state index < -0.39 is 10.0 Å². The van der Waals surface area contributed by atoms with E-state index in [1.807, 2.05) is 6.92 Å². The highest BCUT2D eigenvalue weighted by molar-refractivity contribution is 7.89. The van der Waals surface area contributed by atoms with Crippen LogP contribution in [0.25, 0.3) is 11.3 Å². The van der Waals surface area contributed by atoms with Crippen LogP contribution in [0.15, 0.2) is 59.1 Å². The van der Waals surface area contributed by atoms with Crippen LogP contribution in [0.3, 0.4) is 0 Å². The minimum Gasteiger partial charge on any atom is -0.356 e. The molecule has 0 atom stereocenters. The fourth-order valence-electron chi connectivity index (χ4n) is 3.82. The molecule has 0 radical (unpaired) electrons. The van der Waals surface area contributed by atoms with Gasteiger partial charge in [-0.2, -0.15) is 4.31 Å². The van der Waals surface area contributed by atoms with Crippen molar-refractivity contribution >= 4 is 27.3 Å². The number of rotatable bonds is 7. The average Bonchev–Trinajstić information content (AvgIpc) is 3.26. The second-order valence-electron chi connectivity index (χ2n) is 7.86. The quantitative estimate of drug-likeness (QED) is 0.572. The van der Waals surface area contributed by atoms with Crippen molar-refractivity contribution in [3.63, 3.8) is 0 Å². The minimum atomic E-state index is -3.55. The molecule has 1 fully saturated rings. The van der Waals surface area contributed by atoms with Crippen LogP contribution in [-0.4, -0.2) is 48.2 Å². The molecule has 2 aromatic heterocycles. The van der Waals surface area contributed by atoms with Crippen LogP contribution in [0.5, 0.6) is 0 Å². The summed E-state index contributed by atoms with van der Waals surface area (Å²) in [4.78, 5) is 21.2. The highest BCUT2D eigenvalue weighted by atomic mass is 32.2. The second kappa shape index (κ2) is 9.89. The zero-order valence-electron chi connectivity index (χ0n) is 17.9. The Morgan fingerprint density at radius 1 is 1.19 bits per heavy atom. The Labute approximate surface area is 192 Å². The number of aryl methyl sites for hydroxylation is 1. The molecule has 1 amide bonds. The van der Waals surface area contributed by atoms with Gasteiger partial charge in [0.15, 0.2) is 0 Å². The molecule has 3 heterocycles. The summed E-state index contributed by atoms with van der Waals surface area (Å²) in [7, 11) is -3.55. The Hall–Kier alpha value is -2.62. The topological polar surface area (TPSA) is 92.3 Å². The van der Waals surface area contributed by atoms with Crippen molar-refractivity contribution in [3.05, 3.63) is 64.7 Å². The molecule has 4 rings (SSSR count). The molecule has 3 aromatic rings. The maximum atomic E-state index is 12.7. The number of hydrogen-bond donors (Lipinski definition) is 1. The lowest BCUT2D eigenvalue weighted by Gasteiger charge is -2.30. The second-order valence-corrected chi connectivity index (χ2v) is 10.9. The molecule has 0 unspecified atom stereocenters. The summed E-state index contributed by atoms with van der Waals surface area (Å²) in [6.07, 6.45) is 4.70. The third-order valence-electron chi connectivity index (χ3n) is 5.68. The maximum Gasteiger partial charge on any atom is 0.244 e. The SMILES string of the molecule is Cc1nc(-c2ccc(CCNC(=O)C3CCN(S(=O)(=O)c4cccnc4)CC3)cc2)cs1. The fourth-order valence-corrected chi connectivity index (χ4v) is 5.88. The van der Waals surface area contributed by atoms with Gasteiger partial charge in [0.1, 0.15) is 4.90 Å². The first kappa shape index (κ1) is 22.6. The van der Waals surface area contributed by atoms with Crippen molar-refractivity contribution in [1.82, 2.24) is 19.6 Å². The minimum absolute atomic E-state index is 0.00186. The molecule has 32 heavy (non-hydrogen) atoms. The van der Waals surface area contributed by atoms with Crippen molar-refractivity contribution < 1.29 is 13.2 Å². The number of sulfonamides is 1. The van der Waals surface area contributed by atoms with Crippen molar-refractivity contribution in [3.8, 4) is 11.3 Å².